The molecule has 0 fully saturated rings. The van der Waals surface area contributed by atoms with Gasteiger partial charge in [-0.1, -0.05) is 30.3 Å². The molecule has 0 heterocycles. The topological polar surface area (TPSA) is 43.7 Å². The molecule has 0 saturated heterocycles. The highest BCUT2D eigenvalue weighted by molar-refractivity contribution is 5.78. The van der Waals surface area contributed by atoms with Gasteiger partial charge in [0.25, 0.3) is 0 Å². The van der Waals surface area contributed by atoms with Crippen LogP contribution >= 0.6 is 0 Å². The number of hydrogen-bond donors (Lipinski definition) is 2. The normalized spacial score (nSPS) is 15.1. The molecule has 116 valence electrons. The molecule has 3 rings (SSSR count). The number of nitrogens with zero attached hydrogens (tertiary/aromatic N) is 1. The highest BCUT2D eigenvalue weighted by Crippen LogP contribution is 2.38. The van der Waals surface area contributed by atoms with Crippen LogP contribution in [0.5, 0.6) is 0 Å². The predicted molar refractivity (Wildman–Crippen MR) is 90.3 cm³/mol. The molecule has 2 atom stereocenters. The molecule has 3 nitrogen and oxygen atoms in total. The largest absolute Gasteiger partial charge is 0.392 e. The van der Waals surface area contributed by atoms with E-state index in [1.807, 2.05) is 0 Å². The van der Waals surface area contributed by atoms with Gasteiger partial charge in [-0.15, -0.1) is 0 Å². The fraction of sp³-hybridized carbons (Fsp3) is 0.368. The third-order valence-corrected chi connectivity index (χ3v) is 4.11. The molecule has 1 aliphatic carbocycles. The summed E-state index contributed by atoms with van der Waals surface area (Å²) in [4.78, 5) is 2.05. The minimum Gasteiger partial charge on any atom is -0.392 e. The number of fused-ring (bicyclic) bond motifs is 3. The highest BCUT2D eigenvalue weighted by atomic mass is 16.3. The fourth-order valence-corrected chi connectivity index (χ4v) is 3.25. The number of hydrogen-bond acceptors (Lipinski definition) is 3. The predicted octanol–water partition coefficient (Wildman–Crippen LogP) is 2.83. The van der Waals surface area contributed by atoms with Gasteiger partial charge in [0.05, 0.1) is 12.2 Å². The lowest BCUT2D eigenvalue weighted by molar-refractivity contribution is 0.178. The van der Waals surface area contributed by atoms with Crippen LogP contribution in [0, 0.1) is 0 Å². The summed E-state index contributed by atoms with van der Waals surface area (Å²) in [5.74, 6) is 0. The van der Waals surface area contributed by atoms with E-state index in [1.165, 1.54) is 22.3 Å². The molecule has 0 saturated carbocycles. The number of benzene rings is 2. The molecule has 2 aromatic carbocycles. The molecule has 1 aliphatic rings. The van der Waals surface area contributed by atoms with Crippen molar-refractivity contribution in [2.45, 2.75) is 32.5 Å². The zero-order valence-electron chi connectivity index (χ0n) is 13.2. The zero-order valence-corrected chi connectivity index (χ0v) is 13.2. The molecule has 0 amide bonds. The number of anilines is 1. The minimum atomic E-state index is -0.427. The maximum atomic E-state index is 9.71. The van der Waals surface area contributed by atoms with Crippen molar-refractivity contribution in [3.05, 3.63) is 53.6 Å². The van der Waals surface area contributed by atoms with E-state index in [2.05, 4.69) is 47.4 Å². The standard InChI is InChI=1S/C19H23NO2/c1-13(21)11-20(12-14(2)22)17-7-8-19-16(10-17)9-15-5-3-4-6-18(15)19/h3-8,10,13-14,21-22H,9,11-12H2,1-2H3/t13-,14+. The third kappa shape index (κ3) is 3.01. The van der Waals surface area contributed by atoms with Gasteiger partial charge in [-0.3, -0.25) is 0 Å². The molecule has 0 radical (unpaired) electrons. The Bertz CT molecular complexity index is 654. The Morgan fingerprint density at radius 1 is 0.909 bits per heavy atom. The van der Waals surface area contributed by atoms with Crippen LogP contribution in [0.1, 0.15) is 25.0 Å². The van der Waals surface area contributed by atoms with Gasteiger partial charge in [0, 0.05) is 18.8 Å². The first-order chi connectivity index (χ1) is 10.5. The molecule has 2 aromatic rings. The Balaban J connectivity index is 1.91. The summed E-state index contributed by atoms with van der Waals surface area (Å²) in [6, 6.07) is 15.0. The van der Waals surface area contributed by atoms with E-state index in [0.29, 0.717) is 13.1 Å². The summed E-state index contributed by atoms with van der Waals surface area (Å²) >= 11 is 0. The third-order valence-electron chi connectivity index (χ3n) is 4.11. The van der Waals surface area contributed by atoms with Crippen molar-refractivity contribution in [2.75, 3.05) is 18.0 Å². The summed E-state index contributed by atoms with van der Waals surface area (Å²) in [7, 11) is 0. The minimum absolute atomic E-state index is 0.427. The lowest BCUT2D eigenvalue weighted by atomic mass is 10.0. The lowest BCUT2D eigenvalue weighted by Crippen LogP contribution is -2.36. The highest BCUT2D eigenvalue weighted by Gasteiger charge is 2.20. The van der Waals surface area contributed by atoms with Crippen LogP contribution in [0.3, 0.4) is 0 Å². The molecule has 0 aromatic heterocycles. The molecule has 0 spiro atoms. The van der Waals surface area contributed by atoms with Crippen molar-refractivity contribution in [3.8, 4) is 11.1 Å². The molecular formula is C19H23NO2. The Labute approximate surface area is 131 Å². The monoisotopic (exact) mass is 297 g/mol. The van der Waals surface area contributed by atoms with Crippen molar-refractivity contribution in [3.63, 3.8) is 0 Å². The Hall–Kier alpha value is -1.84. The van der Waals surface area contributed by atoms with E-state index in [9.17, 15) is 10.2 Å². The summed E-state index contributed by atoms with van der Waals surface area (Å²) in [5.41, 5.74) is 6.37. The summed E-state index contributed by atoms with van der Waals surface area (Å²) in [6.45, 7) is 4.60. The van der Waals surface area contributed by atoms with E-state index < -0.39 is 12.2 Å². The first-order valence-corrected chi connectivity index (χ1v) is 7.87. The van der Waals surface area contributed by atoms with Crippen LogP contribution in [0.2, 0.25) is 0 Å². The van der Waals surface area contributed by atoms with Gasteiger partial charge in [0.15, 0.2) is 0 Å². The van der Waals surface area contributed by atoms with Crippen LogP contribution in [0.15, 0.2) is 42.5 Å². The van der Waals surface area contributed by atoms with Crippen molar-refractivity contribution < 1.29 is 10.2 Å². The second-order valence-electron chi connectivity index (χ2n) is 6.28. The van der Waals surface area contributed by atoms with Gasteiger partial charge >= 0.3 is 0 Å². The average molecular weight is 297 g/mol. The van der Waals surface area contributed by atoms with Gasteiger partial charge in [-0.25, -0.2) is 0 Å². The Kier molecular flexibility index (Phi) is 4.19. The lowest BCUT2D eigenvalue weighted by Gasteiger charge is -2.28. The van der Waals surface area contributed by atoms with Crippen LogP contribution in [0.25, 0.3) is 11.1 Å². The molecule has 0 aliphatic heterocycles. The molecule has 2 N–H and O–H groups in total. The Morgan fingerprint density at radius 3 is 2.23 bits per heavy atom. The van der Waals surface area contributed by atoms with Gasteiger partial charge in [0.2, 0.25) is 0 Å². The maximum Gasteiger partial charge on any atom is 0.0687 e. The SMILES string of the molecule is C[C@H](O)CN(C[C@@H](C)O)c1ccc2c(c1)Cc1ccccc1-2. The Morgan fingerprint density at radius 2 is 1.55 bits per heavy atom. The fourth-order valence-electron chi connectivity index (χ4n) is 3.25. The van der Waals surface area contributed by atoms with Crippen LogP contribution in [-0.2, 0) is 6.42 Å². The molecule has 3 heteroatoms. The van der Waals surface area contributed by atoms with Crippen molar-refractivity contribution in [1.29, 1.82) is 0 Å². The van der Waals surface area contributed by atoms with Gasteiger partial charge < -0.3 is 15.1 Å². The second kappa shape index (κ2) is 6.11. The number of rotatable bonds is 5. The molecule has 0 bridgehead atoms. The van der Waals surface area contributed by atoms with Crippen LogP contribution in [0.4, 0.5) is 5.69 Å². The molecular weight excluding hydrogens is 274 g/mol. The van der Waals surface area contributed by atoms with Crippen molar-refractivity contribution >= 4 is 5.69 Å². The summed E-state index contributed by atoms with van der Waals surface area (Å²) in [5, 5.41) is 19.4. The first-order valence-electron chi connectivity index (χ1n) is 7.87. The maximum absolute atomic E-state index is 9.71. The van der Waals surface area contributed by atoms with Gasteiger partial charge in [0.1, 0.15) is 0 Å². The zero-order chi connectivity index (χ0) is 15.7. The molecule has 0 unspecified atom stereocenters. The number of aliphatic hydroxyl groups excluding tert-OH is 2. The van der Waals surface area contributed by atoms with Crippen molar-refractivity contribution in [1.82, 2.24) is 0 Å². The molecule has 22 heavy (non-hydrogen) atoms. The van der Waals surface area contributed by atoms with Crippen LogP contribution in [-0.4, -0.2) is 35.5 Å². The van der Waals surface area contributed by atoms with E-state index in [4.69, 9.17) is 0 Å². The van der Waals surface area contributed by atoms with E-state index in [0.717, 1.165) is 12.1 Å². The summed E-state index contributed by atoms with van der Waals surface area (Å²) in [6.07, 6.45) is 0.102. The van der Waals surface area contributed by atoms with Gasteiger partial charge in [-0.2, -0.15) is 0 Å². The second-order valence-corrected chi connectivity index (χ2v) is 6.28. The van der Waals surface area contributed by atoms with Crippen molar-refractivity contribution in [2.24, 2.45) is 0 Å². The average Bonchev–Trinajstić information content (AvgIpc) is 2.83. The first kappa shape index (κ1) is 15.1. The van der Waals surface area contributed by atoms with E-state index in [1.54, 1.807) is 13.8 Å². The number of aliphatic hydroxyl groups is 2. The summed E-state index contributed by atoms with van der Waals surface area (Å²) < 4.78 is 0. The van der Waals surface area contributed by atoms with Crippen LogP contribution < -0.4 is 4.90 Å². The smallest absolute Gasteiger partial charge is 0.0687 e. The van der Waals surface area contributed by atoms with E-state index in [-0.39, 0.29) is 0 Å². The van der Waals surface area contributed by atoms with Gasteiger partial charge in [-0.05, 0) is 54.7 Å². The van der Waals surface area contributed by atoms with E-state index >= 15 is 0 Å². The quantitative estimate of drug-likeness (QED) is 0.761.